The van der Waals surface area contributed by atoms with Crippen LogP contribution in [0.15, 0.2) is 48.5 Å². The maximum Gasteiger partial charge on any atom is 0.336 e. The van der Waals surface area contributed by atoms with Gasteiger partial charge in [0.15, 0.2) is 0 Å². The van der Waals surface area contributed by atoms with E-state index in [2.05, 4.69) is 0 Å². The summed E-state index contributed by atoms with van der Waals surface area (Å²) in [5.41, 5.74) is 1.42. The van der Waals surface area contributed by atoms with E-state index in [1.165, 1.54) is 18.2 Å². The Kier molecular flexibility index (Phi) is 6.68. The molecule has 0 amide bonds. The predicted octanol–water partition coefficient (Wildman–Crippen LogP) is 1.89. The van der Waals surface area contributed by atoms with Crippen LogP contribution in [0.1, 0.15) is 10.4 Å². The van der Waals surface area contributed by atoms with Crippen LogP contribution in [-0.4, -0.2) is 45.0 Å². The van der Waals surface area contributed by atoms with E-state index in [1.54, 1.807) is 30.3 Å². The molecule has 0 aliphatic rings. The molecule has 10 heteroatoms. The molecule has 8 nitrogen and oxygen atoms in total. The molecule has 0 unspecified atom stereocenters. The Morgan fingerprint density at radius 1 is 0.920 bits per heavy atom. The summed E-state index contributed by atoms with van der Waals surface area (Å²) in [6.07, 6.45) is 1.67. The van der Waals surface area contributed by atoms with Crippen LogP contribution in [-0.2, 0) is 20.2 Å². The Hall–Kier alpha value is -2.43. The van der Waals surface area contributed by atoms with Crippen LogP contribution in [0.2, 0.25) is 0 Å². The lowest BCUT2D eigenvalue weighted by Crippen LogP contribution is -2.05. The van der Waals surface area contributed by atoms with Gasteiger partial charge in [0.2, 0.25) is 0 Å². The lowest BCUT2D eigenvalue weighted by Gasteiger charge is -2.07. The van der Waals surface area contributed by atoms with Gasteiger partial charge in [-0.15, -0.1) is 0 Å². The second kappa shape index (κ2) is 8.10. The third-order valence-corrected chi connectivity index (χ3v) is 3.07. The molecule has 2 aromatic rings. The topological polar surface area (TPSA) is 135 Å². The number of benzene rings is 2. The Morgan fingerprint density at radius 3 is 1.84 bits per heavy atom. The predicted molar refractivity (Wildman–Crippen MR) is 91.8 cm³/mol. The van der Waals surface area contributed by atoms with Gasteiger partial charge in [-0.2, -0.15) is 16.8 Å². The molecule has 0 aromatic heterocycles. The van der Waals surface area contributed by atoms with Gasteiger partial charge in [-0.25, -0.2) is 4.79 Å². The summed E-state index contributed by atoms with van der Waals surface area (Å²) in [7, 11) is -7.24. The second-order valence-electron chi connectivity index (χ2n) is 4.90. The highest BCUT2D eigenvalue weighted by atomic mass is 32.2. The van der Waals surface area contributed by atoms with E-state index < -0.39 is 26.2 Å². The minimum Gasteiger partial charge on any atom is -0.478 e. The minimum atomic E-state index is -3.67. The quantitative estimate of drug-likeness (QED) is 0.599. The highest BCUT2D eigenvalue weighted by molar-refractivity contribution is 7.86. The second-order valence-corrected chi connectivity index (χ2v) is 7.94. The first kappa shape index (κ1) is 20.6. The number of rotatable bonds is 4. The number of carboxylic acid groups (broad SMARTS) is 1. The first-order chi connectivity index (χ1) is 11.4. The fourth-order valence-electron chi connectivity index (χ4n) is 1.79. The Labute approximate surface area is 145 Å². The zero-order chi connectivity index (χ0) is 19.3. The van der Waals surface area contributed by atoms with Crippen LogP contribution in [0, 0.1) is 0 Å². The molecule has 0 saturated carbocycles. The molecule has 0 spiro atoms. The molecular weight excluding hydrogens is 372 g/mol. The average Bonchev–Trinajstić information content (AvgIpc) is 2.44. The molecule has 0 aliphatic heterocycles. The van der Waals surface area contributed by atoms with Crippen molar-refractivity contribution in [1.29, 1.82) is 0 Å². The van der Waals surface area contributed by atoms with Crippen molar-refractivity contribution in [2.45, 2.75) is 0 Å². The summed E-state index contributed by atoms with van der Waals surface area (Å²) in [6, 6.07) is 12.8. The SMILES string of the molecule is CS(=O)(=O)O.CS(=O)(=O)Oc1ccc(-c2ccccc2C(=O)O)cc1. The van der Waals surface area contributed by atoms with E-state index in [4.69, 9.17) is 13.8 Å². The summed E-state index contributed by atoms with van der Waals surface area (Å²) in [5.74, 6) is -0.832. The van der Waals surface area contributed by atoms with E-state index in [-0.39, 0.29) is 11.3 Å². The van der Waals surface area contributed by atoms with Crippen molar-refractivity contribution in [1.82, 2.24) is 0 Å². The highest BCUT2D eigenvalue weighted by Crippen LogP contribution is 2.26. The summed E-state index contributed by atoms with van der Waals surface area (Å²) >= 11 is 0. The van der Waals surface area contributed by atoms with Crippen molar-refractivity contribution >= 4 is 26.2 Å². The van der Waals surface area contributed by atoms with Gasteiger partial charge in [-0.3, -0.25) is 4.55 Å². The lowest BCUT2D eigenvalue weighted by molar-refractivity contribution is 0.0697. The van der Waals surface area contributed by atoms with E-state index in [9.17, 15) is 21.6 Å². The van der Waals surface area contributed by atoms with E-state index in [1.807, 2.05) is 0 Å². The molecule has 0 radical (unpaired) electrons. The van der Waals surface area contributed by atoms with Crippen molar-refractivity contribution in [3.8, 4) is 16.9 Å². The van der Waals surface area contributed by atoms with E-state index in [0.717, 1.165) is 6.26 Å². The third-order valence-electron chi connectivity index (χ3n) is 2.57. The van der Waals surface area contributed by atoms with Crippen LogP contribution >= 0.6 is 0 Å². The van der Waals surface area contributed by atoms with Crippen LogP contribution in [0.25, 0.3) is 11.1 Å². The van der Waals surface area contributed by atoms with Crippen molar-refractivity contribution in [3.63, 3.8) is 0 Å². The Bertz CT molecular complexity index is 937. The molecule has 0 bridgehead atoms. The van der Waals surface area contributed by atoms with Gasteiger partial charge in [-0.05, 0) is 29.3 Å². The van der Waals surface area contributed by atoms with Crippen LogP contribution in [0.3, 0.4) is 0 Å². The van der Waals surface area contributed by atoms with E-state index >= 15 is 0 Å². The molecule has 25 heavy (non-hydrogen) atoms. The fourth-order valence-corrected chi connectivity index (χ4v) is 2.25. The number of hydrogen-bond donors (Lipinski definition) is 2. The largest absolute Gasteiger partial charge is 0.478 e. The highest BCUT2D eigenvalue weighted by Gasteiger charge is 2.11. The normalized spacial score (nSPS) is 11.2. The number of aromatic carboxylic acids is 1. The molecule has 0 saturated heterocycles. The molecule has 0 heterocycles. The number of carboxylic acids is 1. The third kappa shape index (κ3) is 8.29. The molecule has 2 rings (SSSR count). The monoisotopic (exact) mass is 388 g/mol. The zero-order valence-corrected chi connectivity index (χ0v) is 14.9. The zero-order valence-electron chi connectivity index (χ0n) is 13.3. The first-order valence-electron chi connectivity index (χ1n) is 6.61. The number of carbonyl (C=O) groups is 1. The van der Waals surface area contributed by atoms with Gasteiger partial charge < -0.3 is 9.29 Å². The summed E-state index contributed by atoms with van der Waals surface area (Å²) in [6.45, 7) is 0. The molecule has 2 aromatic carbocycles. The van der Waals surface area contributed by atoms with Crippen molar-refractivity contribution < 1.29 is 35.5 Å². The van der Waals surface area contributed by atoms with Crippen molar-refractivity contribution in [2.75, 3.05) is 12.5 Å². The average molecular weight is 388 g/mol. The van der Waals surface area contributed by atoms with Crippen LogP contribution in [0.4, 0.5) is 0 Å². The van der Waals surface area contributed by atoms with Gasteiger partial charge >= 0.3 is 16.1 Å². The molecule has 0 atom stereocenters. The van der Waals surface area contributed by atoms with Crippen LogP contribution in [0.5, 0.6) is 5.75 Å². The molecule has 0 aliphatic carbocycles. The number of hydrogen-bond acceptors (Lipinski definition) is 6. The Morgan fingerprint density at radius 2 is 1.40 bits per heavy atom. The summed E-state index contributed by atoms with van der Waals surface area (Å²) < 4.78 is 52.6. The van der Waals surface area contributed by atoms with Gasteiger partial charge in [0.1, 0.15) is 5.75 Å². The fraction of sp³-hybridized carbons (Fsp3) is 0.133. The maximum absolute atomic E-state index is 11.1. The van der Waals surface area contributed by atoms with Crippen molar-refractivity contribution in [2.24, 2.45) is 0 Å². The standard InChI is InChI=1S/C14H12O5S.CH4O3S/c1-20(17,18)19-11-8-6-10(7-9-11)12-4-2-3-5-13(12)14(15)16;1-5(2,3)4/h2-9H,1H3,(H,15,16);1H3,(H,2,3,4). The van der Waals surface area contributed by atoms with Gasteiger partial charge in [0, 0.05) is 0 Å². The van der Waals surface area contributed by atoms with Crippen molar-refractivity contribution in [3.05, 3.63) is 54.1 Å². The van der Waals surface area contributed by atoms with Gasteiger partial charge in [0.05, 0.1) is 18.1 Å². The minimum absolute atomic E-state index is 0.184. The summed E-state index contributed by atoms with van der Waals surface area (Å²) in [4.78, 5) is 11.1. The molecule has 136 valence electrons. The molecular formula is C15H16O8S2. The molecule has 2 N–H and O–H groups in total. The Balaban J connectivity index is 0.000000550. The van der Waals surface area contributed by atoms with Gasteiger partial charge in [-0.1, -0.05) is 30.3 Å². The summed E-state index contributed by atoms with van der Waals surface area (Å²) in [5, 5.41) is 9.13. The lowest BCUT2D eigenvalue weighted by atomic mass is 10.00. The molecule has 0 fully saturated rings. The van der Waals surface area contributed by atoms with Crippen LogP contribution < -0.4 is 4.18 Å². The smallest absolute Gasteiger partial charge is 0.336 e. The maximum atomic E-state index is 11.1. The first-order valence-corrected chi connectivity index (χ1v) is 10.3. The van der Waals surface area contributed by atoms with Gasteiger partial charge in [0.25, 0.3) is 10.1 Å². The van der Waals surface area contributed by atoms with E-state index in [0.29, 0.717) is 17.4 Å².